The highest BCUT2D eigenvalue weighted by molar-refractivity contribution is 5.92. The molecule has 6 rings (SSSR count). The second-order valence-corrected chi connectivity index (χ2v) is 19.3. The van der Waals surface area contributed by atoms with Crippen LogP contribution in [0, 0.1) is 0 Å². The van der Waals surface area contributed by atoms with Crippen molar-refractivity contribution in [1.29, 1.82) is 0 Å². The largest absolute Gasteiger partial charge is 0.460 e. The Hall–Kier alpha value is -9.24. The van der Waals surface area contributed by atoms with Crippen molar-refractivity contribution in [3.8, 4) is 0 Å². The molecule has 0 fully saturated rings. The van der Waals surface area contributed by atoms with E-state index in [9.17, 15) is 69.0 Å². The first-order chi connectivity index (χ1) is 42.4. The SMILES string of the molecule is CC(=O)OC(CCOC(O)C(OC(=O)c1ccccc1)C(OC(=O)c1ccccc1)C(CCO)OC(=O)c1ccccc1)C(OC(O)C(OC(=O)c1ccccc1)C(OC(=O)c1ccccc1)C(CCO)OC(=O)c1ccccc1)C(OC(C)=O)C(O)O. The molecule has 0 saturated heterocycles. The Bertz CT molecular complexity index is 3150. The summed E-state index contributed by atoms with van der Waals surface area (Å²) in [6, 6.07) is 43.7. The average Bonchev–Trinajstić information content (AvgIpc) is 3.72. The molecular weight excluding hydrogens is 1150 g/mol. The van der Waals surface area contributed by atoms with Gasteiger partial charge in [0.1, 0.15) is 24.4 Å². The molecule has 0 aliphatic rings. The molecule has 24 nitrogen and oxygen atoms in total. The van der Waals surface area contributed by atoms with E-state index in [1.165, 1.54) is 146 Å². The maximum Gasteiger partial charge on any atom is 0.338 e. The van der Waals surface area contributed by atoms with Gasteiger partial charge in [0, 0.05) is 46.3 Å². The third-order valence-electron chi connectivity index (χ3n) is 12.9. The summed E-state index contributed by atoms with van der Waals surface area (Å²) in [5.41, 5.74) is -0.463. The van der Waals surface area contributed by atoms with Crippen LogP contribution in [-0.4, -0.2) is 172 Å². The maximum absolute atomic E-state index is 14.1. The number of rotatable bonds is 33. The molecule has 466 valence electrons. The first-order valence-corrected chi connectivity index (χ1v) is 27.5. The van der Waals surface area contributed by atoms with Gasteiger partial charge >= 0.3 is 47.8 Å². The van der Waals surface area contributed by atoms with Crippen molar-refractivity contribution in [2.45, 2.75) is 107 Å². The minimum Gasteiger partial charge on any atom is -0.460 e. The van der Waals surface area contributed by atoms with Crippen molar-refractivity contribution in [2.24, 2.45) is 0 Å². The number of hydrogen-bond donors (Lipinski definition) is 6. The lowest BCUT2D eigenvalue weighted by atomic mass is 10.0. The number of carbonyl (C=O) groups is 8. The van der Waals surface area contributed by atoms with E-state index in [0.717, 1.165) is 13.8 Å². The zero-order valence-electron chi connectivity index (χ0n) is 47.5. The highest BCUT2D eigenvalue weighted by atomic mass is 16.7. The summed E-state index contributed by atoms with van der Waals surface area (Å²) < 4.78 is 58.0. The summed E-state index contributed by atoms with van der Waals surface area (Å²) in [5.74, 6) is -9.02. The molecule has 0 spiro atoms. The molecule has 88 heavy (non-hydrogen) atoms. The van der Waals surface area contributed by atoms with Crippen molar-refractivity contribution in [3.05, 3.63) is 215 Å². The summed E-state index contributed by atoms with van der Waals surface area (Å²) in [6.45, 7) is -0.691. The van der Waals surface area contributed by atoms with Crippen molar-refractivity contribution >= 4 is 47.8 Å². The lowest BCUT2D eigenvalue weighted by Gasteiger charge is -2.38. The first-order valence-electron chi connectivity index (χ1n) is 27.5. The van der Waals surface area contributed by atoms with Gasteiger partial charge in [0.25, 0.3) is 0 Å². The molecule has 6 aromatic carbocycles. The fourth-order valence-corrected chi connectivity index (χ4v) is 8.75. The van der Waals surface area contributed by atoms with Gasteiger partial charge in [-0.25, -0.2) is 28.8 Å². The number of aliphatic hydroxyl groups excluding tert-OH is 5. The van der Waals surface area contributed by atoms with Gasteiger partial charge in [0.15, 0.2) is 49.4 Å². The number of carbonyl (C=O) groups excluding carboxylic acids is 8. The van der Waals surface area contributed by atoms with E-state index in [0.29, 0.717) is 0 Å². The summed E-state index contributed by atoms with van der Waals surface area (Å²) >= 11 is 0. The standard InChI is InChI=1S/C64H66O24/c1-39(67)80-49(35-38-79-63(77)54(87-61(75)45-29-17-7-18-30-45)51(84-59(73)43-25-13-5-14-26-43)47(33-36-65)82-57(71)41-21-9-3-10-22-41)50(53(56(69)70)81-40(2)68)86-64(78)55(88-62(76)46-31-19-8-20-32-46)52(85-60(74)44-27-15-6-16-28-44)48(34-37-66)83-58(72)42-23-11-4-12-24-42/h3-32,47-56,63-66,69-70,77-78H,33-38H2,1-2H3. The highest BCUT2D eigenvalue weighted by Crippen LogP contribution is 2.29. The summed E-state index contributed by atoms with van der Waals surface area (Å²) in [4.78, 5) is 109. The van der Waals surface area contributed by atoms with Gasteiger partial charge in [0.2, 0.25) is 0 Å². The first kappa shape index (κ1) is 67.9. The topological polar surface area (TPSA) is 350 Å². The van der Waals surface area contributed by atoms with E-state index in [1.54, 1.807) is 36.4 Å². The van der Waals surface area contributed by atoms with Gasteiger partial charge in [-0.2, -0.15) is 0 Å². The van der Waals surface area contributed by atoms with Crippen molar-refractivity contribution in [3.63, 3.8) is 0 Å². The number of esters is 8. The quantitative estimate of drug-likeness (QED) is 0.0185. The molecule has 0 bridgehead atoms. The third-order valence-corrected chi connectivity index (χ3v) is 12.9. The Morgan fingerprint density at radius 2 is 0.591 bits per heavy atom. The second-order valence-electron chi connectivity index (χ2n) is 19.3. The van der Waals surface area contributed by atoms with E-state index in [-0.39, 0.29) is 33.4 Å². The lowest BCUT2D eigenvalue weighted by Crippen LogP contribution is -2.56. The van der Waals surface area contributed by atoms with Crippen molar-refractivity contribution in [2.75, 3.05) is 19.8 Å². The van der Waals surface area contributed by atoms with E-state index in [4.69, 9.17) is 47.4 Å². The molecule has 0 aromatic heterocycles. The molecule has 11 unspecified atom stereocenters. The zero-order chi connectivity index (χ0) is 63.5. The van der Waals surface area contributed by atoms with Gasteiger partial charge in [-0.3, -0.25) is 9.59 Å². The van der Waals surface area contributed by atoms with E-state index < -0.39 is 161 Å². The molecule has 0 aliphatic carbocycles. The van der Waals surface area contributed by atoms with Crippen LogP contribution in [0.15, 0.2) is 182 Å². The van der Waals surface area contributed by atoms with E-state index >= 15 is 0 Å². The van der Waals surface area contributed by atoms with Gasteiger partial charge in [-0.1, -0.05) is 109 Å². The molecule has 6 N–H and O–H groups in total. The molecule has 0 amide bonds. The zero-order valence-corrected chi connectivity index (χ0v) is 47.5. The van der Waals surface area contributed by atoms with Crippen LogP contribution in [-0.2, 0) is 57.0 Å². The summed E-state index contributed by atoms with van der Waals surface area (Å²) in [5, 5.41) is 67.3. The molecular formula is C64H66O24. The van der Waals surface area contributed by atoms with Crippen LogP contribution in [0.5, 0.6) is 0 Å². The van der Waals surface area contributed by atoms with Crippen molar-refractivity contribution in [1.82, 2.24) is 0 Å². The number of benzene rings is 6. The maximum atomic E-state index is 14.1. The molecule has 6 aromatic rings. The predicted molar refractivity (Wildman–Crippen MR) is 304 cm³/mol. The Morgan fingerprint density at radius 1 is 0.318 bits per heavy atom. The monoisotopic (exact) mass is 1220 g/mol. The second kappa shape index (κ2) is 34.8. The Morgan fingerprint density at radius 3 is 0.875 bits per heavy atom. The van der Waals surface area contributed by atoms with Crippen LogP contribution in [0.2, 0.25) is 0 Å². The van der Waals surface area contributed by atoms with Gasteiger partial charge in [-0.05, 0) is 72.8 Å². The van der Waals surface area contributed by atoms with Gasteiger partial charge < -0.3 is 78.0 Å². The smallest absolute Gasteiger partial charge is 0.338 e. The molecule has 11 atom stereocenters. The van der Waals surface area contributed by atoms with Crippen LogP contribution in [0.4, 0.5) is 0 Å². The Labute approximate surface area is 504 Å². The van der Waals surface area contributed by atoms with E-state index in [2.05, 4.69) is 0 Å². The van der Waals surface area contributed by atoms with Crippen LogP contribution < -0.4 is 0 Å². The summed E-state index contributed by atoms with van der Waals surface area (Å²) in [6.07, 6.45) is -28.9. The van der Waals surface area contributed by atoms with Crippen molar-refractivity contribution < 1.29 is 116 Å². The molecule has 0 aliphatic heterocycles. The van der Waals surface area contributed by atoms with Crippen LogP contribution in [0.1, 0.15) is 95.3 Å². The third kappa shape index (κ3) is 20.5. The minimum absolute atomic E-state index is 0.00697. The molecule has 0 heterocycles. The molecule has 0 saturated carbocycles. The highest BCUT2D eigenvalue weighted by Gasteiger charge is 2.49. The van der Waals surface area contributed by atoms with E-state index in [1.807, 2.05) is 0 Å². The normalized spacial score (nSPS) is 14.9. The molecule has 24 heteroatoms. The Balaban J connectivity index is 1.43. The average molecular weight is 1220 g/mol. The lowest BCUT2D eigenvalue weighted by molar-refractivity contribution is -0.275. The Kier molecular flexibility index (Phi) is 26.8. The number of hydrogen-bond acceptors (Lipinski definition) is 24. The van der Waals surface area contributed by atoms with Crippen LogP contribution >= 0.6 is 0 Å². The minimum atomic E-state index is -2.78. The fraction of sp³-hybridized carbons (Fsp3) is 0.312. The predicted octanol–water partition coefficient (Wildman–Crippen LogP) is 4.71. The number of aliphatic hydroxyl groups is 6. The summed E-state index contributed by atoms with van der Waals surface area (Å²) in [7, 11) is 0. The van der Waals surface area contributed by atoms with Crippen LogP contribution in [0.25, 0.3) is 0 Å². The van der Waals surface area contributed by atoms with Gasteiger partial charge in [0.05, 0.1) is 40.0 Å². The number of ether oxygens (including phenoxy) is 10. The van der Waals surface area contributed by atoms with Crippen LogP contribution in [0.3, 0.4) is 0 Å². The molecule has 0 radical (unpaired) electrons. The fourth-order valence-electron chi connectivity index (χ4n) is 8.75. The van der Waals surface area contributed by atoms with Gasteiger partial charge in [-0.15, -0.1) is 0 Å².